The lowest BCUT2D eigenvalue weighted by molar-refractivity contribution is -0.133. The first-order chi connectivity index (χ1) is 22.5. The maximum atomic E-state index is 15.9. The molecule has 2 aliphatic heterocycles. The number of ether oxygens (including phenoxy) is 1. The highest BCUT2D eigenvalue weighted by molar-refractivity contribution is 6.03. The number of aromatic nitrogens is 3. The normalized spacial score (nSPS) is 22.9. The molecule has 0 amide bonds. The number of aryl methyl sites for hydroxylation is 1. The van der Waals surface area contributed by atoms with Crippen LogP contribution in [0, 0.1) is 24.5 Å². The number of aliphatic imine (C=N–C) groups is 2. The summed E-state index contributed by atoms with van der Waals surface area (Å²) in [5.41, 5.74) is 3.16. The van der Waals surface area contributed by atoms with Crippen LogP contribution in [-0.2, 0) is 28.1 Å². The van der Waals surface area contributed by atoms with Gasteiger partial charge in [0, 0.05) is 48.2 Å². The van der Waals surface area contributed by atoms with Crippen LogP contribution in [0.4, 0.5) is 8.78 Å². The molecule has 2 aliphatic carbocycles. The Balaban J connectivity index is 1.13. The molecule has 1 fully saturated rings. The summed E-state index contributed by atoms with van der Waals surface area (Å²) < 4.78 is 37.9. The zero-order valence-corrected chi connectivity index (χ0v) is 26.6. The largest absolute Gasteiger partial charge is 0.478 e. The summed E-state index contributed by atoms with van der Waals surface area (Å²) in [6, 6.07) is 10.2. The van der Waals surface area contributed by atoms with Crippen LogP contribution in [0.2, 0.25) is 0 Å². The molecular weight excluding hydrogens is 602 g/mol. The fraction of sp³-hybridized carbons (Fsp3) is 0.361. The van der Waals surface area contributed by atoms with Crippen molar-refractivity contribution in [3.8, 4) is 0 Å². The van der Waals surface area contributed by atoms with E-state index in [1.165, 1.54) is 12.1 Å². The monoisotopic (exact) mass is 638 g/mol. The van der Waals surface area contributed by atoms with Gasteiger partial charge in [-0.1, -0.05) is 30.3 Å². The molecule has 2 unspecified atom stereocenters. The van der Waals surface area contributed by atoms with Crippen LogP contribution in [0.1, 0.15) is 61.8 Å². The highest BCUT2D eigenvalue weighted by atomic mass is 19.1. The van der Waals surface area contributed by atoms with Gasteiger partial charge in [0.25, 0.3) is 0 Å². The fourth-order valence-corrected chi connectivity index (χ4v) is 6.72. The van der Waals surface area contributed by atoms with Gasteiger partial charge in [0.1, 0.15) is 24.1 Å². The number of halogens is 2. The third-order valence-electron chi connectivity index (χ3n) is 9.75. The van der Waals surface area contributed by atoms with Gasteiger partial charge in [-0.15, -0.1) is 5.10 Å². The molecule has 3 aromatic rings. The number of amidine groups is 1. The van der Waals surface area contributed by atoms with Crippen LogP contribution in [-0.4, -0.2) is 54.6 Å². The van der Waals surface area contributed by atoms with Gasteiger partial charge < -0.3 is 14.7 Å². The van der Waals surface area contributed by atoms with Crippen molar-refractivity contribution in [3.05, 3.63) is 118 Å². The summed E-state index contributed by atoms with van der Waals surface area (Å²) in [5.74, 6) is -0.621. The van der Waals surface area contributed by atoms with Crippen molar-refractivity contribution in [2.75, 3.05) is 6.54 Å². The van der Waals surface area contributed by atoms with Gasteiger partial charge in [0.15, 0.2) is 0 Å². The van der Waals surface area contributed by atoms with Crippen LogP contribution < -0.4 is 0 Å². The van der Waals surface area contributed by atoms with Crippen molar-refractivity contribution in [2.24, 2.45) is 15.9 Å². The zero-order chi connectivity index (χ0) is 32.9. The van der Waals surface area contributed by atoms with Gasteiger partial charge in [-0.05, 0) is 80.7 Å². The number of carbonyl (C=O) groups is 1. The maximum absolute atomic E-state index is 15.9. The maximum Gasteiger partial charge on any atom is 0.331 e. The second-order valence-electron chi connectivity index (χ2n) is 13.2. The number of nitrogens with zero attached hydrogens (tertiary/aromatic N) is 6. The molecule has 0 bridgehead atoms. The Morgan fingerprint density at radius 3 is 2.64 bits per heavy atom. The molecule has 0 spiro atoms. The Hall–Kier alpha value is -4.93. The molecule has 2 atom stereocenters. The van der Waals surface area contributed by atoms with E-state index in [1.54, 1.807) is 30.5 Å². The number of allylic oxidation sites excluding steroid dienone is 3. The van der Waals surface area contributed by atoms with Gasteiger partial charge in [-0.3, -0.25) is 0 Å². The summed E-state index contributed by atoms with van der Waals surface area (Å²) in [4.78, 5) is 23.8. The number of hydrogen-bond acceptors (Lipinski definition) is 7. The van der Waals surface area contributed by atoms with E-state index < -0.39 is 17.3 Å². The third kappa shape index (κ3) is 5.79. The lowest BCUT2D eigenvalue weighted by atomic mass is 9.84. The molecule has 0 radical (unpaired) electrons. The summed E-state index contributed by atoms with van der Waals surface area (Å²) in [5, 5.41) is 18.1. The molecule has 4 aliphatic rings. The number of fused-ring (bicyclic) bond motifs is 1. The first kappa shape index (κ1) is 30.7. The van der Waals surface area contributed by atoms with Crippen LogP contribution in [0.3, 0.4) is 0 Å². The van der Waals surface area contributed by atoms with Crippen LogP contribution in [0.15, 0.2) is 94.2 Å². The molecule has 2 aromatic carbocycles. The van der Waals surface area contributed by atoms with E-state index in [1.807, 2.05) is 49.9 Å². The topological polar surface area (TPSA) is 105 Å². The Morgan fingerprint density at radius 1 is 1.11 bits per heavy atom. The Kier molecular flexibility index (Phi) is 7.65. The predicted octanol–water partition coefficient (Wildman–Crippen LogP) is 6.26. The van der Waals surface area contributed by atoms with Crippen molar-refractivity contribution in [1.82, 2.24) is 19.9 Å². The summed E-state index contributed by atoms with van der Waals surface area (Å²) >= 11 is 0. The van der Waals surface area contributed by atoms with Crippen molar-refractivity contribution in [1.29, 1.82) is 0 Å². The molecular formula is C36H36F2N6O3. The van der Waals surface area contributed by atoms with E-state index in [0.717, 1.165) is 35.5 Å². The summed E-state index contributed by atoms with van der Waals surface area (Å²) in [6.45, 7) is 6.44. The van der Waals surface area contributed by atoms with Gasteiger partial charge in [-0.2, -0.15) is 0 Å². The van der Waals surface area contributed by atoms with E-state index in [0.29, 0.717) is 54.1 Å². The molecule has 1 aromatic heterocycles. The zero-order valence-electron chi connectivity index (χ0n) is 26.6. The summed E-state index contributed by atoms with van der Waals surface area (Å²) in [6.07, 6.45) is 11.9. The van der Waals surface area contributed by atoms with E-state index in [2.05, 4.69) is 20.2 Å². The van der Waals surface area contributed by atoms with Crippen LogP contribution in [0.5, 0.6) is 0 Å². The number of aliphatic carboxylic acids is 1. The molecule has 1 saturated carbocycles. The molecule has 7 rings (SSSR count). The van der Waals surface area contributed by atoms with Crippen molar-refractivity contribution >= 4 is 17.5 Å². The lowest BCUT2D eigenvalue weighted by Gasteiger charge is -2.41. The standard InChI is InChI=1S/C36H36F2N6O3/c1-22-4-7-26(28(37)16-22)20-47-32-11-5-23(2)33(41-32)27-9-6-24(17-29(27)38)18-31-40-30-10-8-25(34(45)46)19-35(30,3)43(31)21-36(12-13-36)44-15-14-39-42-44/h4,6-11,14-17,23H,5,12-13,18-21H2,1-3H3,(H,45,46). The third-order valence-corrected chi connectivity index (χ3v) is 9.75. The second kappa shape index (κ2) is 11.7. The Bertz CT molecular complexity index is 1910. The highest BCUT2D eigenvalue weighted by Crippen LogP contribution is 2.49. The molecule has 242 valence electrons. The minimum absolute atomic E-state index is 0.0279. The minimum atomic E-state index is -0.949. The first-order valence-corrected chi connectivity index (χ1v) is 15.9. The molecule has 0 saturated heterocycles. The van der Waals surface area contributed by atoms with Gasteiger partial charge >= 0.3 is 5.97 Å². The smallest absolute Gasteiger partial charge is 0.331 e. The number of carboxylic acids is 1. The average Bonchev–Trinajstić information content (AvgIpc) is 3.49. The summed E-state index contributed by atoms with van der Waals surface area (Å²) in [7, 11) is 0. The first-order valence-electron chi connectivity index (χ1n) is 15.9. The highest BCUT2D eigenvalue weighted by Gasteiger charge is 2.53. The van der Waals surface area contributed by atoms with Gasteiger partial charge in [0.2, 0.25) is 5.88 Å². The van der Waals surface area contributed by atoms with E-state index in [4.69, 9.17) is 9.73 Å². The number of carboxylic acid groups (broad SMARTS) is 1. The molecule has 47 heavy (non-hydrogen) atoms. The van der Waals surface area contributed by atoms with Gasteiger partial charge in [0.05, 0.1) is 28.7 Å². The number of benzene rings is 2. The number of rotatable bonds is 10. The Morgan fingerprint density at radius 2 is 1.94 bits per heavy atom. The quantitative estimate of drug-likeness (QED) is 0.281. The molecule has 1 N–H and O–H groups in total. The predicted molar refractivity (Wildman–Crippen MR) is 173 cm³/mol. The van der Waals surface area contributed by atoms with Crippen LogP contribution >= 0.6 is 0 Å². The SMILES string of the molecule is Cc1ccc(COC2=CCC(C)C(c3ccc(CC4=NC5=CC=C(C(=O)O)CC5(C)N4CC4(n5ccnn5)CC4)cc3F)=N2)c(F)c1. The molecule has 3 heterocycles. The van der Waals surface area contributed by atoms with Gasteiger partial charge in [-0.25, -0.2) is 28.2 Å². The van der Waals surface area contributed by atoms with Crippen molar-refractivity contribution in [3.63, 3.8) is 0 Å². The van der Waals surface area contributed by atoms with E-state index in [9.17, 15) is 14.3 Å². The molecule has 9 nitrogen and oxygen atoms in total. The van der Waals surface area contributed by atoms with E-state index in [-0.39, 0.29) is 23.9 Å². The van der Waals surface area contributed by atoms with E-state index >= 15 is 4.39 Å². The van der Waals surface area contributed by atoms with Crippen LogP contribution in [0.25, 0.3) is 0 Å². The van der Waals surface area contributed by atoms with Crippen molar-refractivity contribution in [2.45, 2.75) is 70.6 Å². The molecule has 11 heteroatoms. The minimum Gasteiger partial charge on any atom is -0.478 e. The fourth-order valence-electron chi connectivity index (χ4n) is 6.72. The second-order valence-corrected chi connectivity index (χ2v) is 13.2. The Labute approximate surface area is 271 Å². The number of hydrogen-bond donors (Lipinski definition) is 1. The average molecular weight is 639 g/mol. The lowest BCUT2D eigenvalue weighted by Crippen LogP contribution is -2.52. The van der Waals surface area contributed by atoms with Crippen molar-refractivity contribution < 1.29 is 23.4 Å².